The Morgan fingerprint density at radius 3 is 1.90 bits per heavy atom. The highest BCUT2D eigenvalue weighted by Gasteiger charge is 2.29. The molecule has 8 aromatic carbocycles. The zero-order chi connectivity index (χ0) is 32.8. The minimum Gasteiger partial charge on any atom is -0.455 e. The number of benzene rings is 9. The molecular formula is C48H29NO. The van der Waals surface area contributed by atoms with Gasteiger partial charge in [0.2, 0.25) is 0 Å². The van der Waals surface area contributed by atoms with Crippen LogP contribution in [0.3, 0.4) is 0 Å². The lowest BCUT2D eigenvalue weighted by atomic mass is 9.97. The van der Waals surface area contributed by atoms with E-state index in [-0.39, 0.29) is 0 Å². The molecule has 0 saturated heterocycles. The largest absolute Gasteiger partial charge is 0.455 e. The Morgan fingerprint density at radius 2 is 1.04 bits per heavy atom. The summed E-state index contributed by atoms with van der Waals surface area (Å²) in [5.41, 5.74) is 12.9. The van der Waals surface area contributed by atoms with Crippen LogP contribution in [0.4, 0.5) is 17.1 Å². The Balaban J connectivity index is 1.09. The van der Waals surface area contributed by atoms with Crippen molar-refractivity contribution in [2.24, 2.45) is 0 Å². The molecule has 232 valence electrons. The van der Waals surface area contributed by atoms with Gasteiger partial charge in [-0.3, -0.25) is 0 Å². The molecule has 0 aliphatic heterocycles. The maximum Gasteiger partial charge on any atom is 0.143 e. The van der Waals surface area contributed by atoms with Crippen LogP contribution in [0.25, 0.3) is 87.6 Å². The molecular weight excluding hydrogens is 607 g/mol. The van der Waals surface area contributed by atoms with Gasteiger partial charge in [-0.1, -0.05) is 121 Å². The van der Waals surface area contributed by atoms with Gasteiger partial charge in [0, 0.05) is 32.8 Å². The zero-order valence-electron chi connectivity index (χ0n) is 27.1. The predicted octanol–water partition coefficient (Wildman–Crippen LogP) is 13.8. The fourth-order valence-corrected chi connectivity index (χ4v) is 8.04. The van der Waals surface area contributed by atoms with E-state index >= 15 is 0 Å². The first-order valence-electron chi connectivity index (χ1n) is 17.2. The van der Waals surface area contributed by atoms with Crippen LogP contribution in [-0.2, 0) is 0 Å². The second kappa shape index (κ2) is 10.4. The number of rotatable bonds is 5. The summed E-state index contributed by atoms with van der Waals surface area (Å²) in [6, 6.07) is 63.8. The van der Waals surface area contributed by atoms with Gasteiger partial charge in [-0.15, -0.1) is 0 Å². The summed E-state index contributed by atoms with van der Waals surface area (Å²) in [7, 11) is 0. The number of nitrogens with zero attached hydrogens (tertiary/aromatic N) is 1. The molecule has 2 aliphatic carbocycles. The topological polar surface area (TPSA) is 16.4 Å². The van der Waals surface area contributed by atoms with E-state index in [4.69, 9.17) is 4.42 Å². The summed E-state index contributed by atoms with van der Waals surface area (Å²) in [6.07, 6.45) is 0. The molecule has 0 saturated carbocycles. The third-order valence-corrected chi connectivity index (χ3v) is 10.5. The van der Waals surface area contributed by atoms with Gasteiger partial charge < -0.3 is 9.32 Å². The Morgan fingerprint density at radius 1 is 0.360 bits per heavy atom. The van der Waals surface area contributed by atoms with Crippen LogP contribution in [0.5, 0.6) is 0 Å². The van der Waals surface area contributed by atoms with E-state index in [0.29, 0.717) is 0 Å². The molecule has 2 aliphatic rings. The predicted molar refractivity (Wildman–Crippen MR) is 211 cm³/mol. The molecule has 2 heteroatoms. The summed E-state index contributed by atoms with van der Waals surface area (Å²) in [5.74, 6) is 0. The fourth-order valence-electron chi connectivity index (χ4n) is 8.04. The number of hydrogen-bond donors (Lipinski definition) is 0. The summed E-state index contributed by atoms with van der Waals surface area (Å²) in [6.45, 7) is 0. The molecule has 2 nitrogen and oxygen atoms in total. The number of fused-ring (bicyclic) bond motifs is 8. The summed E-state index contributed by atoms with van der Waals surface area (Å²) in [5, 5.41) is 9.58. The van der Waals surface area contributed by atoms with E-state index in [0.717, 1.165) is 38.7 Å². The maximum absolute atomic E-state index is 6.40. The zero-order valence-corrected chi connectivity index (χ0v) is 27.1. The monoisotopic (exact) mass is 635 g/mol. The minimum absolute atomic E-state index is 0.925. The first-order chi connectivity index (χ1) is 24.8. The van der Waals surface area contributed by atoms with Crippen LogP contribution < -0.4 is 4.90 Å². The lowest BCUT2D eigenvalue weighted by molar-refractivity contribution is 0.672. The van der Waals surface area contributed by atoms with E-state index in [9.17, 15) is 0 Å². The first-order valence-corrected chi connectivity index (χ1v) is 17.2. The second-order valence-electron chi connectivity index (χ2n) is 13.3. The van der Waals surface area contributed by atoms with Gasteiger partial charge in [0.05, 0.1) is 11.4 Å². The molecule has 0 bridgehead atoms. The van der Waals surface area contributed by atoms with Crippen LogP contribution in [0, 0.1) is 0 Å². The number of para-hydroxylation sites is 1. The van der Waals surface area contributed by atoms with Crippen LogP contribution in [0.2, 0.25) is 0 Å². The molecule has 0 unspecified atom stereocenters. The summed E-state index contributed by atoms with van der Waals surface area (Å²) < 4.78 is 6.40. The molecule has 0 spiro atoms. The normalized spacial score (nSPS) is 12.0. The quantitative estimate of drug-likeness (QED) is 0.187. The minimum atomic E-state index is 0.925. The lowest BCUT2D eigenvalue weighted by Crippen LogP contribution is -2.10. The van der Waals surface area contributed by atoms with Crippen molar-refractivity contribution in [3.63, 3.8) is 0 Å². The molecule has 9 aromatic rings. The Labute approximate surface area is 289 Å². The molecule has 0 fully saturated rings. The van der Waals surface area contributed by atoms with Crippen molar-refractivity contribution >= 4 is 71.3 Å². The van der Waals surface area contributed by atoms with Crippen molar-refractivity contribution in [2.45, 2.75) is 0 Å². The summed E-state index contributed by atoms with van der Waals surface area (Å²) in [4.78, 5) is 2.46. The van der Waals surface area contributed by atoms with E-state index in [2.05, 4.69) is 169 Å². The highest BCUT2D eigenvalue weighted by atomic mass is 16.3. The van der Waals surface area contributed by atoms with Crippen molar-refractivity contribution in [3.05, 3.63) is 176 Å². The van der Waals surface area contributed by atoms with Crippen molar-refractivity contribution in [2.75, 3.05) is 4.90 Å². The van der Waals surface area contributed by atoms with Crippen molar-refractivity contribution < 1.29 is 4.42 Å². The molecule has 0 atom stereocenters. The molecule has 0 radical (unpaired) electrons. The summed E-state index contributed by atoms with van der Waals surface area (Å²) >= 11 is 0. The van der Waals surface area contributed by atoms with Crippen LogP contribution in [0.15, 0.2) is 180 Å². The van der Waals surface area contributed by atoms with E-state index in [1.807, 2.05) is 12.1 Å². The number of furan rings is 1. The lowest BCUT2D eigenvalue weighted by Gasteiger charge is -2.28. The van der Waals surface area contributed by atoms with E-state index in [1.54, 1.807) is 0 Å². The van der Waals surface area contributed by atoms with Crippen LogP contribution >= 0.6 is 0 Å². The Bertz CT molecular complexity index is 2980. The van der Waals surface area contributed by atoms with Gasteiger partial charge in [0.1, 0.15) is 11.2 Å². The Kier molecular flexibility index (Phi) is 5.70. The van der Waals surface area contributed by atoms with E-state index in [1.165, 1.54) is 66.0 Å². The van der Waals surface area contributed by atoms with Crippen LogP contribution in [0.1, 0.15) is 0 Å². The Hall–Kier alpha value is -6.64. The van der Waals surface area contributed by atoms with Gasteiger partial charge in [-0.25, -0.2) is 0 Å². The standard InChI is InChI=1S/C48H29NO/c1-3-13-37-30(9-1)11-7-16-38(37)32-19-23-36(24-20-32)49(44-17-8-12-31-10-2-4-14-39(31)44)45-29-35-28-43(35)47(45)34-22-25-40-33(27-34)21-26-42-41-15-5-6-18-46(41)50-48(40)42/h1-29H. The van der Waals surface area contributed by atoms with Gasteiger partial charge >= 0.3 is 0 Å². The fraction of sp³-hybridized carbons (Fsp3) is 0. The van der Waals surface area contributed by atoms with E-state index < -0.39 is 0 Å². The average molecular weight is 636 g/mol. The molecule has 11 rings (SSSR count). The highest BCUT2D eigenvalue weighted by Crippen LogP contribution is 2.55. The van der Waals surface area contributed by atoms with Crippen molar-refractivity contribution in [1.82, 2.24) is 0 Å². The SMILES string of the molecule is c1ccc2c(-c3ccc(N(c4cc5cc-5c4-c4ccc5c(ccc6c7ccccc7oc56)c4)c4cccc5ccccc45)cc3)cccc2c1. The number of hydrogen-bond acceptors (Lipinski definition) is 2. The van der Waals surface area contributed by atoms with Gasteiger partial charge in [0.25, 0.3) is 0 Å². The molecule has 1 heterocycles. The van der Waals surface area contributed by atoms with Crippen molar-refractivity contribution in [3.8, 4) is 33.4 Å². The van der Waals surface area contributed by atoms with Crippen LogP contribution in [-0.4, -0.2) is 0 Å². The maximum atomic E-state index is 6.40. The smallest absolute Gasteiger partial charge is 0.143 e. The van der Waals surface area contributed by atoms with Gasteiger partial charge in [-0.05, 0) is 104 Å². The van der Waals surface area contributed by atoms with Gasteiger partial charge in [0.15, 0.2) is 0 Å². The van der Waals surface area contributed by atoms with Crippen molar-refractivity contribution in [1.29, 1.82) is 0 Å². The molecule has 0 N–H and O–H groups in total. The van der Waals surface area contributed by atoms with Gasteiger partial charge in [-0.2, -0.15) is 0 Å². The molecule has 0 amide bonds. The third-order valence-electron chi connectivity index (χ3n) is 10.5. The molecule has 1 aromatic heterocycles. The second-order valence-corrected chi connectivity index (χ2v) is 13.3. The molecule has 50 heavy (non-hydrogen) atoms. The first kappa shape index (κ1) is 27.3. The third kappa shape index (κ3) is 4.09. The number of anilines is 3. The average Bonchev–Trinajstić information content (AvgIpc) is 3.67. The highest BCUT2D eigenvalue weighted by molar-refractivity contribution is 6.16.